The largest absolute Gasteiger partial charge is 0.508 e. The Labute approximate surface area is 385 Å². The highest BCUT2D eigenvalue weighted by Crippen LogP contribution is 2.14. The summed E-state index contributed by atoms with van der Waals surface area (Å²) in [6.07, 6.45) is -4.19. The van der Waals surface area contributed by atoms with Gasteiger partial charge in [-0.1, -0.05) is 46.2 Å². The minimum absolute atomic E-state index is 0.160. The molecule has 10 atom stereocenters. The number of rotatable bonds is 30. The van der Waals surface area contributed by atoms with Gasteiger partial charge in [-0.2, -0.15) is 0 Å². The molecule has 0 bridgehead atoms. The van der Waals surface area contributed by atoms with Crippen molar-refractivity contribution < 1.29 is 73.2 Å². The molecule has 19 N–H and O–H groups in total. The normalized spacial score (nSPS) is 15.5. The molecule has 0 radical (unpaired) electrons. The molecule has 26 heteroatoms. The van der Waals surface area contributed by atoms with Gasteiger partial charge >= 0.3 is 5.97 Å². The molecule has 0 aliphatic rings. The molecule has 1 aromatic rings. The van der Waals surface area contributed by atoms with Crippen molar-refractivity contribution in [1.29, 1.82) is 0 Å². The van der Waals surface area contributed by atoms with Crippen molar-refractivity contribution in [2.45, 2.75) is 134 Å². The molecule has 67 heavy (non-hydrogen) atoms. The van der Waals surface area contributed by atoms with E-state index in [9.17, 15) is 73.2 Å². The smallest absolute Gasteiger partial charge is 0.326 e. The molecule has 0 saturated heterocycles. The summed E-state index contributed by atoms with van der Waals surface area (Å²) in [7, 11) is 0. The highest BCUT2D eigenvalue weighted by atomic mass is 16.4. The molecule has 0 spiro atoms. The molecule has 0 unspecified atom stereocenters. The van der Waals surface area contributed by atoms with Gasteiger partial charge in [-0.15, -0.1) is 0 Å². The van der Waals surface area contributed by atoms with Crippen LogP contribution in [0.4, 0.5) is 0 Å². The van der Waals surface area contributed by atoms with Crippen LogP contribution in [-0.2, 0) is 59.2 Å². The number of hydrogen-bond donors (Lipinski definition) is 15. The first-order chi connectivity index (χ1) is 31.2. The Hall–Kier alpha value is -6.93. The van der Waals surface area contributed by atoms with E-state index in [0.29, 0.717) is 5.56 Å². The molecule has 0 aromatic heterocycles. The van der Waals surface area contributed by atoms with Crippen molar-refractivity contribution in [2.75, 3.05) is 6.61 Å². The van der Waals surface area contributed by atoms with Crippen molar-refractivity contribution in [3.63, 3.8) is 0 Å². The second kappa shape index (κ2) is 28.2. The van der Waals surface area contributed by atoms with E-state index in [2.05, 4.69) is 37.2 Å². The highest BCUT2D eigenvalue weighted by Gasteiger charge is 2.38. The lowest BCUT2D eigenvalue weighted by molar-refractivity contribution is -0.143. The summed E-state index contributed by atoms with van der Waals surface area (Å²) >= 11 is 0. The van der Waals surface area contributed by atoms with Crippen LogP contribution >= 0.6 is 0 Å². The molecule has 0 aliphatic heterocycles. The van der Waals surface area contributed by atoms with Gasteiger partial charge in [-0.05, 0) is 49.3 Å². The van der Waals surface area contributed by atoms with E-state index >= 15 is 0 Å². The second-order valence-electron chi connectivity index (χ2n) is 16.3. The summed E-state index contributed by atoms with van der Waals surface area (Å²) in [6.45, 7) is 6.68. The minimum Gasteiger partial charge on any atom is -0.508 e. The van der Waals surface area contributed by atoms with Crippen LogP contribution in [0.5, 0.6) is 5.75 Å². The summed E-state index contributed by atoms with van der Waals surface area (Å²) in [5.41, 5.74) is 21.6. The Morgan fingerprint density at radius 2 is 1.00 bits per heavy atom. The number of amides is 10. The van der Waals surface area contributed by atoms with Crippen molar-refractivity contribution in [2.24, 2.45) is 34.8 Å². The maximum atomic E-state index is 14.1. The van der Waals surface area contributed by atoms with Crippen LogP contribution in [0, 0.1) is 11.8 Å². The van der Waals surface area contributed by atoms with E-state index in [4.69, 9.17) is 22.9 Å². The van der Waals surface area contributed by atoms with E-state index < -0.39 is 157 Å². The molecule has 1 aromatic carbocycles. The second-order valence-corrected chi connectivity index (χ2v) is 16.3. The number of carboxylic acids is 1. The average Bonchev–Trinajstić information content (AvgIpc) is 3.24. The number of phenols is 1. The maximum absolute atomic E-state index is 14.1. The lowest BCUT2D eigenvalue weighted by atomic mass is 9.95. The summed E-state index contributed by atoms with van der Waals surface area (Å²) in [6, 6.07) is -7.43. The van der Waals surface area contributed by atoms with Crippen LogP contribution in [0.3, 0.4) is 0 Å². The number of phenolic OH excluding ortho intramolecular Hbond substituents is 1. The van der Waals surface area contributed by atoms with Crippen molar-refractivity contribution in [3.05, 3.63) is 29.8 Å². The fraction of sp³-hybridized carbons (Fsp3) is 0.585. The SMILES string of the molecule is CC[C@H](C)[C@H](NC(=O)[C@@H](NC(=O)[C@H](Cc1ccc(O)cc1)NC(=O)[C@H](CC(N)=O)NC(=O)[C@H](CCC(N)=O)NC(=O)[C@@H](N)CO)[C@@H](C)O)C(=O)N[C@H](C(=O)N[C@@H](CCC(N)=O)C(=O)O)C(C)C. The molecule has 0 aliphatic carbocycles. The number of carbonyl (C=O) groups is 11. The third-order valence-electron chi connectivity index (χ3n) is 10.3. The summed E-state index contributed by atoms with van der Waals surface area (Å²) < 4.78 is 0. The summed E-state index contributed by atoms with van der Waals surface area (Å²) in [4.78, 5) is 141. The van der Waals surface area contributed by atoms with Crippen molar-refractivity contribution >= 4 is 65.0 Å². The number of hydrogen-bond acceptors (Lipinski definition) is 15. The topological polar surface area (TPSA) is 457 Å². The predicted molar refractivity (Wildman–Crippen MR) is 235 cm³/mol. The number of aromatic hydroxyl groups is 1. The van der Waals surface area contributed by atoms with Gasteiger partial charge in [0.15, 0.2) is 0 Å². The number of nitrogens with two attached hydrogens (primary N) is 4. The van der Waals surface area contributed by atoms with Crippen LogP contribution in [-0.4, -0.2) is 147 Å². The van der Waals surface area contributed by atoms with Gasteiger partial charge in [0, 0.05) is 19.3 Å². The Morgan fingerprint density at radius 1 is 0.567 bits per heavy atom. The Kier molecular flexibility index (Phi) is 24.4. The number of aliphatic hydroxyl groups excluding tert-OH is 2. The Morgan fingerprint density at radius 3 is 1.48 bits per heavy atom. The zero-order valence-electron chi connectivity index (χ0n) is 37.9. The minimum atomic E-state index is -1.84. The van der Waals surface area contributed by atoms with Gasteiger partial charge in [0.2, 0.25) is 59.1 Å². The monoisotopic (exact) mass is 951 g/mol. The molecule has 0 fully saturated rings. The van der Waals surface area contributed by atoms with Gasteiger partial charge in [0.25, 0.3) is 0 Å². The van der Waals surface area contributed by atoms with Gasteiger partial charge in [-0.25, -0.2) is 4.79 Å². The highest BCUT2D eigenvalue weighted by molar-refractivity contribution is 5.99. The molecule has 0 heterocycles. The fourth-order valence-corrected chi connectivity index (χ4v) is 6.14. The third-order valence-corrected chi connectivity index (χ3v) is 10.3. The van der Waals surface area contributed by atoms with Gasteiger partial charge in [0.1, 0.15) is 54.1 Å². The molecule has 26 nitrogen and oxygen atoms in total. The van der Waals surface area contributed by atoms with Crippen molar-refractivity contribution in [1.82, 2.24) is 37.2 Å². The lowest BCUT2D eigenvalue weighted by Crippen LogP contribution is -2.63. The zero-order valence-corrected chi connectivity index (χ0v) is 37.9. The molecule has 10 amide bonds. The van der Waals surface area contributed by atoms with E-state index in [1.165, 1.54) is 24.3 Å². The number of benzene rings is 1. The average molecular weight is 952 g/mol. The molecule has 1 rings (SSSR count). The predicted octanol–water partition coefficient (Wildman–Crippen LogP) is -5.78. The number of aliphatic hydroxyl groups is 2. The van der Waals surface area contributed by atoms with E-state index in [1.54, 1.807) is 27.7 Å². The standard InChI is InChI=1S/C41H65N11O15/c1-6-19(4)32(39(64)50-31(18(2)3)38(63)47-25(41(66)67)12-14-29(44)57)51-40(65)33(20(5)54)52-37(62)26(15-21-7-9-22(55)10-8-21)48-36(61)27(16-30(45)58)49-35(60)24(11-13-28(43)56)46-34(59)23(42)17-53/h7-10,18-20,23-27,31-33,53-55H,6,11-17,42H2,1-5H3,(H2,43,56)(H2,44,57)(H2,45,58)(H,46,59)(H,47,63)(H,48,61)(H,49,60)(H,50,64)(H,51,65)(H,52,62)(H,66,67)/t19-,20+,23-,24-,25-,26-,27-,31-,32-,33-/m0/s1. The molecular formula is C41H65N11O15. The molecule has 374 valence electrons. The number of nitrogens with one attached hydrogen (secondary N) is 7. The number of carbonyl (C=O) groups excluding carboxylic acids is 10. The first-order valence-electron chi connectivity index (χ1n) is 21.2. The van der Waals surface area contributed by atoms with Gasteiger partial charge < -0.3 is 80.6 Å². The number of aliphatic carboxylic acids is 1. The third kappa shape index (κ3) is 20.4. The maximum Gasteiger partial charge on any atom is 0.326 e. The first kappa shape index (κ1) is 58.1. The van der Waals surface area contributed by atoms with Gasteiger partial charge in [0.05, 0.1) is 19.1 Å². The number of primary amides is 3. The van der Waals surface area contributed by atoms with Crippen LogP contribution in [0.1, 0.15) is 78.7 Å². The van der Waals surface area contributed by atoms with Crippen molar-refractivity contribution in [3.8, 4) is 5.75 Å². The zero-order chi connectivity index (χ0) is 51.3. The van der Waals surface area contributed by atoms with Crippen LogP contribution in [0.25, 0.3) is 0 Å². The summed E-state index contributed by atoms with van der Waals surface area (Å²) in [5.74, 6) is -13.1. The lowest BCUT2D eigenvalue weighted by Gasteiger charge is -2.31. The van der Waals surface area contributed by atoms with E-state index in [0.717, 1.165) is 6.92 Å². The van der Waals surface area contributed by atoms with Crippen LogP contribution in [0.2, 0.25) is 0 Å². The van der Waals surface area contributed by atoms with Crippen LogP contribution in [0.15, 0.2) is 24.3 Å². The molecule has 0 saturated carbocycles. The van der Waals surface area contributed by atoms with E-state index in [1.807, 2.05) is 0 Å². The quantitative estimate of drug-likeness (QED) is 0.0342. The molecular weight excluding hydrogens is 887 g/mol. The van der Waals surface area contributed by atoms with E-state index in [-0.39, 0.29) is 31.4 Å². The summed E-state index contributed by atoms with van der Waals surface area (Å²) in [5, 5.41) is 55.9. The number of carboxylic acid groups (broad SMARTS) is 1. The fourth-order valence-electron chi connectivity index (χ4n) is 6.14. The van der Waals surface area contributed by atoms with Crippen LogP contribution < -0.4 is 60.2 Å². The Bertz CT molecular complexity index is 1930. The first-order valence-corrected chi connectivity index (χ1v) is 21.2. The Balaban J connectivity index is 3.52. The van der Waals surface area contributed by atoms with Gasteiger partial charge in [-0.3, -0.25) is 47.9 Å².